The summed E-state index contributed by atoms with van der Waals surface area (Å²) in [4.78, 5) is 17.9. The molecule has 1 saturated carbocycles. The Hall–Kier alpha value is -1.80. The van der Waals surface area contributed by atoms with E-state index in [2.05, 4.69) is 49.1 Å². The van der Waals surface area contributed by atoms with E-state index in [1.807, 2.05) is 6.07 Å². The van der Waals surface area contributed by atoms with Gasteiger partial charge in [-0.15, -0.1) is 0 Å². The van der Waals surface area contributed by atoms with Crippen LogP contribution in [0, 0.1) is 11.8 Å². The molecule has 0 radical (unpaired) electrons. The summed E-state index contributed by atoms with van der Waals surface area (Å²) in [7, 11) is -2.04. The smallest absolute Gasteiger partial charge is 0.405 e. The molecule has 1 amide bonds. The molecule has 1 aromatic rings. The van der Waals surface area contributed by atoms with Gasteiger partial charge in [0.2, 0.25) is 0 Å². The van der Waals surface area contributed by atoms with Crippen LogP contribution in [0.2, 0.25) is 18.1 Å². The lowest BCUT2D eigenvalue weighted by Crippen LogP contribution is -2.63. The lowest BCUT2D eigenvalue weighted by Gasteiger charge is -2.49. The van der Waals surface area contributed by atoms with Crippen LogP contribution in [-0.2, 0) is 4.43 Å². The molecule has 8 heteroatoms. The molecule has 0 bridgehead atoms. The number of pyridine rings is 1. The van der Waals surface area contributed by atoms with Crippen molar-refractivity contribution in [1.82, 2.24) is 10.3 Å². The van der Waals surface area contributed by atoms with Crippen molar-refractivity contribution in [2.24, 2.45) is 11.8 Å². The Morgan fingerprint density at radius 1 is 1.36 bits per heavy atom. The van der Waals surface area contributed by atoms with Crippen molar-refractivity contribution >= 4 is 25.8 Å². The first kappa shape index (κ1) is 20.9. The van der Waals surface area contributed by atoms with Crippen LogP contribution >= 0.6 is 0 Å². The number of nitrogens with one attached hydrogen (secondary N) is 1. The molecule has 1 saturated heterocycles. The third kappa shape index (κ3) is 4.43. The molecule has 28 heavy (non-hydrogen) atoms. The first-order valence-electron chi connectivity index (χ1n) is 10.1. The van der Waals surface area contributed by atoms with Crippen LogP contribution in [-0.4, -0.2) is 49.7 Å². The molecular weight excluding hydrogens is 372 g/mol. The number of nitrogen functional groups attached to an aromatic ring is 1. The van der Waals surface area contributed by atoms with Crippen molar-refractivity contribution in [2.45, 2.75) is 63.9 Å². The Labute approximate surface area is 168 Å². The average Bonchev–Trinajstić information content (AvgIpc) is 3.40. The van der Waals surface area contributed by atoms with Crippen molar-refractivity contribution in [3.63, 3.8) is 0 Å². The maximum atomic E-state index is 11.6. The molecule has 1 aliphatic carbocycles. The molecular formula is C20H34N4O3Si. The number of carbonyl (C=O) groups is 1. The van der Waals surface area contributed by atoms with Crippen LogP contribution < -0.4 is 16.0 Å². The number of nitrogens with zero attached hydrogens (tertiary/aromatic N) is 2. The summed E-state index contributed by atoms with van der Waals surface area (Å²) in [6, 6.07) is 1.62. The zero-order valence-electron chi connectivity index (χ0n) is 17.6. The summed E-state index contributed by atoms with van der Waals surface area (Å²) in [6.07, 6.45) is 4.63. The highest BCUT2D eigenvalue weighted by Gasteiger charge is 2.50. The first-order valence-corrected chi connectivity index (χ1v) is 13.0. The van der Waals surface area contributed by atoms with Gasteiger partial charge < -0.3 is 25.5 Å². The number of hydrogen-bond acceptors (Lipinski definition) is 5. The van der Waals surface area contributed by atoms with Gasteiger partial charge in [-0.25, -0.2) is 4.79 Å². The fourth-order valence-electron chi connectivity index (χ4n) is 3.87. The topological polar surface area (TPSA) is 101 Å². The van der Waals surface area contributed by atoms with Gasteiger partial charge in [-0.3, -0.25) is 4.98 Å². The van der Waals surface area contributed by atoms with Crippen molar-refractivity contribution < 1.29 is 14.3 Å². The van der Waals surface area contributed by atoms with Crippen LogP contribution in [0.25, 0.3) is 0 Å². The number of amides is 1. The summed E-state index contributed by atoms with van der Waals surface area (Å²) in [5, 5.41) is 12.3. The zero-order valence-corrected chi connectivity index (χ0v) is 18.6. The number of piperidine rings is 1. The van der Waals surface area contributed by atoms with Gasteiger partial charge in [0.25, 0.3) is 0 Å². The molecule has 0 spiro atoms. The molecule has 3 rings (SSSR count). The Balaban J connectivity index is 1.91. The monoisotopic (exact) mass is 406 g/mol. The third-order valence-electron chi connectivity index (χ3n) is 6.61. The maximum absolute atomic E-state index is 11.6. The van der Waals surface area contributed by atoms with Crippen LogP contribution in [0.5, 0.6) is 0 Å². The number of hydrogen-bond donors (Lipinski definition) is 3. The number of anilines is 2. The molecule has 1 aliphatic heterocycles. The average molecular weight is 407 g/mol. The fraction of sp³-hybridized carbons (Fsp3) is 0.700. The first-order chi connectivity index (χ1) is 13.0. The standard InChI is InChI=1S/C20H34N4O3Si/c1-20(2,3)28(4,5)27-18-14(13-6-7-13)11-24(12-16(18)23-19(25)26)17-8-9-22-10-15(17)21/h8-10,13-14,16,18,23H,6-7,11-12,21H2,1-5H3,(H,25,26)/t14-,16-,18+/m1/s1. The van der Waals surface area contributed by atoms with Crippen LogP contribution in [0.15, 0.2) is 18.5 Å². The number of rotatable bonds is 5. The molecule has 156 valence electrons. The molecule has 0 unspecified atom stereocenters. The predicted molar refractivity (Wildman–Crippen MR) is 114 cm³/mol. The Bertz CT molecular complexity index is 718. The largest absolute Gasteiger partial charge is 0.465 e. The van der Waals surface area contributed by atoms with Crippen molar-refractivity contribution in [3.8, 4) is 0 Å². The summed E-state index contributed by atoms with van der Waals surface area (Å²) in [5.41, 5.74) is 7.70. The van der Waals surface area contributed by atoms with E-state index in [0.717, 1.165) is 12.2 Å². The maximum Gasteiger partial charge on any atom is 0.405 e. The highest BCUT2D eigenvalue weighted by molar-refractivity contribution is 6.74. The van der Waals surface area contributed by atoms with Gasteiger partial charge in [0, 0.05) is 25.2 Å². The second kappa shape index (κ2) is 7.55. The lowest BCUT2D eigenvalue weighted by molar-refractivity contribution is 0.0553. The third-order valence-corrected chi connectivity index (χ3v) is 11.1. The van der Waals surface area contributed by atoms with E-state index in [9.17, 15) is 9.90 Å². The molecule has 2 heterocycles. The van der Waals surface area contributed by atoms with Crippen LogP contribution in [0.4, 0.5) is 16.2 Å². The quantitative estimate of drug-likeness (QED) is 0.647. The second-order valence-corrected chi connectivity index (χ2v) is 14.5. The normalized spacial score (nSPS) is 26.2. The summed E-state index contributed by atoms with van der Waals surface area (Å²) in [6.45, 7) is 12.5. The minimum atomic E-state index is -2.04. The van der Waals surface area contributed by atoms with E-state index in [1.165, 1.54) is 12.8 Å². The minimum Gasteiger partial charge on any atom is -0.465 e. The fourth-order valence-corrected chi connectivity index (χ4v) is 5.24. The summed E-state index contributed by atoms with van der Waals surface area (Å²) >= 11 is 0. The molecule has 1 aromatic heterocycles. The van der Waals surface area contributed by atoms with Gasteiger partial charge in [-0.1, -0.05) is 20.8 Å². The van der Waals surface area contributed by atoms with Gasteiger partial charge in [-0.05, 0) is 43.0 Å². The van der Waals surface area contributed by atoms with Crippen molar-refractivity contribution in [1.29, 1.82) is 0 Å². The Morgan fingerprint density at radius 3 is 2.57 bits per heavy atom. The molecule has 4 N–H and O–H groups in total. The van der Waals surface area contributed by atoms with E-state index in [0.29, 0.717) is 18.2 Å². The number of nitrogens with two attached hydrogens (primary N) is 1. The minimum absolute atomic E-state index is 0.0710. The zero-order chi connectivity index (χ0) is 20.7. The van der Waals surface area contributed by atoms with E-state index in [1.54, 1.807) is 12.4 Å². The molecule has 7 nitrogen and oxygen atoms in total. The van der Waals surface area contributed by atoms with Crippen LogP contribution in [0.1, 0.15) is 33.6 Å². The van der Waals surface area contributed by atoms with Crippen LogP contribution in [0.3, 0.4) is 0 Å². The van der Waals surface area contributed by atoms with E-state index in [4.69, 9.17) is 10.2 Å². The Morgan fingerprint density at radius 2 is 2.04 bits per heavy atom. The molecule has 2 aliphatic rings. The van der Waals surface area contributed by atoms with Crippen molar-refractivity contribution in [2.75, 3.05) is 23.7 Å². The van der Waals surface area contributed by atoms with Gasteiger partial charge in [0.05, 0.1) is 29.7 Å². The van der Waals surface area contributed by atoms with Gasteiger partial charge >= 0.3 is 6.09 Å². The lowest BCUT2D eigenvalue weighted by atomic mass is 9.86. The highest BCUT2D eigenvalue weighted by atomic mass is 28.4. The molecule has 3 atom stereocenters. The van der Waals surface area contributed by atoms with E-state index < -0.39 is 14.4 Å². The molecule has 0 aromatic carbocycles. The highest BCUT2D eigenvalue weighted by Crippen LogP contribution is 2.46. The van der Waals surface area contributed by atoms with Gasteiger partial charge in [-0.2, -0.15) is 0 Å². The number of carboxylic acid groups (broad SMARTS) is 1. The predicted octanol–water partition coefficient (Wildman–Crippen LogP) is 3.54. The van der Waals surface area contributed by atoms with Gasteiger partial charge in [0.1, 0.15) is 0 Å². The summed E-state index contributed by atoms with van der Waals surface area (Å²) < 4.78 is 6.83. The van der Waals surface area contributed by atoms with Crippen molar-refractivity contribution in [3.05, 3.63) is 18.5 Å². The van der Waals surface area contributed by atoms with Gasteiger partial charge in [0.15, 0.2) is 8.32 Å². The SMILES string of the molecule is CC(C)(C)[Si](C)(C)O[C@H]1[C@@H](C2CC2)CN(c2ccncc2N)C[C@H]1NC(=O)O. The van der Waals surface area contributed by atoms with E-state index >= 15 is 0 Å². The Kier molecular flexibility index (Phi) is 5.64. The number of aromatic nitrogens is 1. The summed E-state index contributed by atoms with van der Waals surface area (Å²) in [5.74, 6) is 0.867. The van der Waals surface area contributed by atoms with E-state index in [-0.39, 0.29) is 23.1 Å². The molecule has 2 fully saturated rings. The second-order valence-electron chi connectivity index (χ2n) is 9.74.